The fourth-order valence-electron chi connectivity index (χ4n) is 9.69. The van der Waals surface area contributed by atoms with Crippen molar-refractivity contribution in [1.82, 2.24) is 0 Å². The Bertz CT molecular complexity index is 1770. The highest BCUT2D eigenvalue weighted by Crippen LogP contribution is 2.35. The van der Waals surface area contributed by atoms with Crippen LogP contribution < -0.4 is 18.9 Å². The maximum atomic E-state index is 10.8. The van der Waals surface area contributed by atoms with Crippen LogP contribution in [0.5, 0.6) is 23.0 Å². The fraction of sp³-hybridized carbons (Fsp3) is 0.538. The topological polar surface area (TPSA) is 118 Å². The minimum Gasteiger partial charge on any atom is -0.487 e. The second kappa shape index (κ2) is 22.4. The fourth-order valence-corrected chi connectivity index (χ4v) is 9.69. The van der Waals surface area contributed by atoms with E-state index in [2.05, 4.69) is 90.1 Å². The van der Waals surface area contributed by atoms with Crippen molar-refractivity contribution in [2.75, 3.05) is 0 Å². The molecule has 0 spiro atoms. The first-order chi connectivity index (χ1) is 28.8. The van der Waals surface area contributed by atoms with E-state index in [0.29, 0.717) is 25.7 Å². The van der Waals surface area contributed by atoms with Crippen molar-refractivity contribution in [3.05, 3.63) is 117 Å². The predicted molar refractivity (Wildman–Crippen MR) is 251 cm³/mol. The van der Waals surface area contributed by atoms with E-state index in [4.69, 9.17) is 18.9 Å². The summed E-state index contributed by atoms with van der Waals surface area (Å²) in [7, 11) is 0. The van der Waals surface area contributed by atoms with E-state index in [0.717, 1.165) is 74.4 Å². The third-order valence-corrected chi connectivity index (χ3v) is 13.1. The van der Waals surface area contributed by atoms with Crippen LogP contribution in [0.25, 0.3) is 0 Å². The molecule has 0 aromatic heterocycles. The van der Waals surface area contributed by atoms with Crippen molar-refractivity contribution in [3.8, 4) is 23.0 Å². The van der Waals surface area contributed by atoms with E-state index in [9.17, 15) is 20.4 Å². The highest BCUT2D eigenvalue weighted by molar-refractivity contribution is 5.85. The van der Waals surface area contributed by atoms with Gasteiger partial charge < -0.3 is 39.4 Å². The lowest BCUT2D eigenvalue weighted by Crippen LogP contribution is -2.38. The molecule has 10 atom stereocenters. The van der Waals surface area contributed by atoms with Gasteiger partial charge in [-0.05, 0) is 163 Å². The third kappa shape index (κ3) is 12.8. The molecule has 0 fully saturated rings. The molecule has 4 N–H and O–H groups in total. The number of benzene rings is 4. The van der Waals surface area contributed by atoms with Crippen molar-refractivity contribution in [1.29, 1.82) is 0 Å². The molecule has 4 heterocycles. The SMILES string of the molecule is Cc1ccc2c(c1)CC[C@@H]([C@@H](O)CC(C)C[C@H](O)[C@H]1CCc3cc(C)ccc3O1)O2.Cc1ccc2c(c1)CC[C@@H]([C@H](O)CC(C)C[C@@H](O)[C@H]1CCc3cc(C)ccc3O1)O2.Cl.Cl. The maximum Gasteiger partial charge on any atom is 0.125 e. The zero-order valence-electron chi connectivity index (χ0n) is 37.4. The predicted octanol–water partition coefficient (Wildman–Crippen LogP) is 9.90. The van der Waals surface area contributed by atoms with Gasteiger partial charge in [0.25, 0.3) is 0 Å². The average molecular weight is 894 g/mol. The summed E-state index contributed by atoms with van der Waals surface area (Å²) in [5.41, 5.74) is 9.86. The van der Waals surface area contributed by atoms with Crippen LogP contribution in [0.4, 0.5) is 0 Å². The highest BCUT2D eigenvalue weighted by atomic mass is 35.5. The van der Waals surface area contributed by atoms with Crippen LogP contribution in [0, 0.1) is 39.5 Å². The van der Waals surface area contributed by atoms with Crippen LogP contribution in [-0.4, -0.2) is 69.3 Å². The average Bonchev–Trinajstić information content (AvgIpc) is 3.22. The van der Waals surface area contributed by atoms with Crippen LogP contribution in [0.1, 0.15) is 110 Å². The summed E-state index contributed by atoms with van der Waals surface area (Å²) >= 11 is 0. The molecule has 0 aliphatic carbocycles. The van der Waals surface area contributed by atoms with Crippen molar-refractivity contribution in [2.24, 2.45) is 11.8 Å². The summed E-state index contributed by atoms with van der Waals surface area (Å²) in [4.78, 5) is 0. The van der Waals surface area contributed by atoms with Gasteiger partial charge in [0.05, 0.1) is 24.4 Å². The minimum atomic E-state index is -0.530. The van der Waals surface area contributed by atoms with Gasteiger partial charge in [-0.2, -0.15) is 0 Å². The Hall–Kier alpha value is -3.50. The molecule has 0 radical (unpaired) electrons. The molecule has 4 aliphatic rings. The van der Waals surface area contributed by atoms with E-state index in [1.165, 1.54) is 44.5 Å². The van der Waals surface area contributed by atoms with Gasteiger partial charge in [-0.1, -0.05) is 84.6 Å². The lowest BCUT2D eigenvalue weighted by molar-refractivity contribution is -0.0117. The van der Waals surface area contributed by atoms with Crippen LogP contribution in [0.3, 0.4) is 0 Å². The van der Waals surface area contributed by atoms with E-state index in [-0.39, 0.29) is 61.1 Å². The van der Waals surface area contributed by atoms with Gasteiger partial charge >= 0.3 is 0 Å². The van der Waals surface area contributed by atoms with Gasteiger partial charge in [0.2, 0.25) is 0 Å². The van der Waals surface area contributed by atoms with E-state index >= 15 is 0 Å². The standard InChI is InChI=1S/2C26H34O4.2ClH/c2*1-16-4-8-23-19(12-16)6-10-25(29-23)21(27)14-18(3)15-22(28)26-11-7-20-13-17(2)5-9-24(20)30-26;;/h2*4-5,8-9,12-13,18,21-22,25-28H,6-7,10-11,14-15H2,1-3H3;2*1H/t2*18?,21-,22-,25-,26+;;/m10../s1. The summed E-state index contributed by atoms with van der Waals surface area (Å²) in [6.45, 7) is 12.5. The number of aliphatic hydroxyl groups is 4. The molecule has 0 amide bonds. The molecular weight excluding hydrogens is 823 g/mol. The Morgan fingerprint density at radius 1 is 0.403 bits per heavy atom. The molecule has 62 heavy (non-hydrogen) atoms. The quantitative estimate of drug-likeness (QED) is 0.111. The molecule has 0 bridgehead atoms. The molecule has 10 heteroatoms. The summed E-state index contributed by atoms with van der Waals surface area (Å²) in [5, 5.41) is 43.1. The van der Waals surface area contributed by atoms with Gasteiger partial charge in [-0.3, -0.25) is 0 Å². The Morgan fingerprint density at radius 2 is 0.613 bits per heavy atom. The van der Waals surface area contributed by atoms with Gasteiger partial charge in [-0.25, -0.2) is 0 Å². The van der Waals surface area contributed by atoms with E-state index in [1.807, 2.05) is 24.3 Å². The molecule has 8 nitrogen and oxygen atoms in total. The first-order valence-electron chi connectivity index (χ1n) is 22.5. The first-order valence-corrected chi connectivity index (χ1v) is 22.5. The monoisotopic (exact) mass is 892 g/mol. The lowest BCUT2D eigenvalue weighted by atomic mass is 9.88. The molecule has 4 aromatic carbocycles. The number of ether oxygens (including phenoxy) is 4. The smallest absolute Gasteiger partial charge is 0.125 e. The van der Waals surface area contributed by atoms with E-state index in [1.54, 1.807) is 0 Å². The zero-order valence-corrected chi connectivity index (χ0v) is 39.1. The second-order valence-electron chi connectivity index (χ2n) is 18.6. The van der Waals surface area contributed by atoms with Crippen molar-refractivity contribution >= 4 is 24.8 Å². The lowest BCUT2D eigenvalue weighted by Gasteiger charge is -2.33. The van der Waals surface area contributed by atoms with Crippen LogP contribution in [-0.2, 0) is 25.7 Å². The van der Waals surface area contributed by atoms with Crippen molar-refractivity contribution < 1.29 is 39.4 Å². The Balaban J connectivity index is 0.000000227. The first kappa shape index (κ1) is 49.5. The summed E-state index contributed by atoms with van der Waals surface area (Å²) in [6.07, 6.45) is 6.68. The number of hydrogen-bond acceptors (Lipinski definition) is 8. The second-order valence-corrected chi connectivity index (χ2v) is 18.6. The Morgan fingerprint density at radius 3 is 0.823 bits per heavy atom. The number of aryl methyl sites for hydroxylation is 8. The molecular formula is C52H70Cl2O8. The summed E-state index contributed by atoms with van der Waals surface area (Å²) < 4.78 is 24.3. The molecule has 340 valence electrons. The molecule has 8 rings (SSSR count). The number of fused-ring (bicyclic) bond motifs is 4. The number of aliphatic hydroxyl groups excluding tert-OH is 4. The largest absolute Gasteiger partial charge is 0.487 e. The maximum absolute atomic E-state index is 10.8. The number of halogens is 2. The van der Waals surface area contributed by atoms with E-state index < -0.39 is 24.4 Å². The highest BCUT2D eigenvalue weighted by Gasteiger charge is 2.33. The zero-order chi connectivity index (χ0) is 42.5. The number of hydrogen-bond donors (Lipinski definition) is 4. The van der Waals surface area contributed by atoms with Crippen LogP contribution in [0.15, 0.2) is 72.8 Å². The van der Waals surface area contributed by atoms with Gasteiger partial charge in [0.15, 0.2) is 0 Å². The van der Waals surface area contributed by atoms with Crippen LogP contribution >= 0.6 is 24.8 Å². The van der Waals surface area contributed by atoms with Gasteiger partial charge in [-0.15, -0.1) is 24.8 Å². The summed E-state index contributed by atoms with van der Waals surface area (Å²) in [5.74, 6) is 3.95. The molecule has 0 saturated carbocycles. The third-order valence-electron chi connectivity index (χ3n) is 13.1. The van der Waals surface area contributed by atoms with Crippen LogP contribution in [0.2, 0.25) is 0 Å². The molecule has 4 aliphatic heterocycles. The number of rotatable bonds is 12. The molecule has 4 aromatic rings. The van der Waals surface area contributed by atoms with Crippen molar-refractivity contribution in [3.63, 3.8) is 0 Å². The minimum absolute atomic E-state index is 0. The normalized spacial score (nSPS) is 22.6. The Labute approximate surface area is 382 Å². The Kier molecular flexibility index (Phi) is 17.9. The summed E-state index contributed by atoms with van der Waals surface area (Å²) in [6, 6.07) is 24.9. The van der Waals surface area contributed by atoms with Gasteiger partial charge in [0, 0.05) is 0 Å². The van der Waals surface area contributed by atoms with Gasteiger partial charge in [0.1, 0.15) is 47.4 Å². The molecule has 0 saturated heterocycles. The van der Waals surface area contributed by atoms with Crippen molar-refractivity contribution in [2.45, 2.75) is 167 Å². The molecule has 2 unspecified atom stereocenters.